The summed E-state index contributed by atoms with van der Waals surface area (Å²) in [6.07, 6.45) is 2.47. The van der Waals surface area contributed by atoms with Crippen LogP contribution in [0.2, 0.25) is 5.02 Å². The van der Waals surface area contributed by atoms with Gasteiger partial charge in [0.2, 0.25) is 0 Å². The molecule has 0 aromatic heterocycles. The molecule has 1 N–H and O–H groups in total. The lowest BCUT2D eigenvalue weighted by Gasteiger charge is -2.53. The highest BCUT2D eigenvalue weighted by atomic mass is 35.5. The van der Waals surface area contributed by atoms with Crippen LogP contribution < -0.4 is 5.32 Å². The first kappa shape index (κ1) is 13.9. The molecule has 0 aliphatic heterocycles. The highest BCUT2D eigenvalue weighted by molar-refractivity contribution is 6.31. The monoisotopic (exact) mass is 265 g/mol. The van der Waals surface area contributed by atoms with Crippen LogP contribution in [0.4, 0.5) is 0 Å². The van der Waals surface area contributed by atoms with E-state index in [4.69, 9.17) is 11.6 Å². The molecule has 0 heterocycles. The maximum atomic E-state index is 6.39. The molecule has 2 rings (SSSR count). The lowest BCUT2D eigenvalue weighted by atomic mass is 9.52. The molecule has 0 bridgehead atoms. The average molecular weight is 266 g/mol. The Balaban J connectivity index is 2.24. The lowest BCUT2D eigenvalue weighted by Crippen LogP contribution is -2.51. The standard InChI is InChI=1S/C16H24ClN/c1-15(2,3)12-9-16(10-12,11-18-4)13-7-5-6-8-14(13)17/h5-8,12,18H,9-11H2,1-4H3. The second-order valence-corrected chi connectivity index (χ2v) is 7.17. The average Bonchev–Trinajstić information content (AvgIpc) is 2.22. The first-order chi connectivity index (χ1) is 8.39. The van der Waals surface area contributed by atoms with E-state index >= 15 is 0 Å². The number of rotatable bonds is 3. The van der Waals surface area contributed by atoms with Gasteiger partial charge in [0.1, 0.15) is 0 Å². The van der Waals surface area contributed by atoms with Crippen molar-refractivity contribution in [3.8, 4) is 0 Å². The van der Waals surface area contributed by atoms with Gasteiger partial charge < -0.3 is 5.32 Å². The summed E-state index contributed by atoms with van der Waals surface area (Å²) in [5, 5.41) is 4.27. The van der Waals surface area contributed by atoms with E-state index < -0.39 is 0 Å². The van der Waals surface area contributed by atoms with Gasteiger partial charge in [-0.1, -0.05) is 50.6 Å². The molecule has 0 amide bonds. The summed E-state index contributed by atoms with van der Waals surface area (Å²) >= 11 is 6.39. The summed E-state index contributed by atoms with van der Waals surface area (Å²) in [5.41, 5.74) is 1.96. The van der Waals surface area contributed by atoms with Crippen LogP contribution in [0.5, 0.6) is 0 Å². The highest BCUT2D eigenvalue weighted by Crippen LogP contribution is 2.55. The molecule has 2 heteroatoms. The van der Waals surface area contributed by atoms with Crippen molar-refractivity contribution >= 4 is 11.6 Å². The van der Waals surface area contributed by atoms with Gasteiger partial charge in [-0.05, 0) is 42.9 Å². The molecule has 0 spiro atoms. The molecule has 1 aliphatic rings. The molecular formula is C16H24ClN. The largest absolute Gasteiger partial charge is 0.319 e. The van der Waals surface area contributed by atoms with Gasteiger partial charge in [0.05, 0.1) is 0 Å². The van der Waals surface area contributed by atoms with Gasteiger partial charge in [-0.2, -0.15) is 0 Å². The van der Waals surface area contributed by atoms with Crippen LogP contribution in [0.3, 0.4) is 0 Å². The van der Waals surface area contributed by atoms with Crippen molar-refractivity contribution < 1.29 is 0 Å². The van der Waals surface area contributed by atoms with E-state index in [1.807, 2.05) is 19.2 Å². The summed E-state index contributed by atoms with van der Waals surface area (Å²) in [5.74, 6) is 0.794. The topological polar surface area (TPSA) is 12.0 Å². The van der Waals surface area contributed by atoms with Crippen molar-refractivity contribution in [1.82, 2.24) is 5.32 Å². The quantitative estimate of drug-likeness (QED) is 0.861. The van der Waals surface area contributed by atoms with Crippen LogP contribution in [-0.2, 0) is 5.41 Å². The first-order valence-corrected chi connectivity index (χ1v) is 7.16. The third-order valence-corrected chi connectivity index (χ3v) is 4.79. The van der Waals surface area contributed by atoms with Gasteiger partial charge in [0.25, 0.3) is 0 Å². The van der Waals surface area contributed by atoms with E-state index in [2.05, 4.69) is 38.2 Å². The minimum atomic E-state index is 0.241. The number of likely N-dealkylation sites (N-methyl/N-ethyl adjacent to an activating group) is 1. The molecule has 0 unspecified atom stereocenters. The first-order valence-electron chi connectivity index (χ1n) is 6.79. The third kappa shape index (κ3) is 2.44. The summed E-state index contributed by atoms with van der Waals surface area (Å²) in [7, 11) is 2.03. The van der Waals surface area contributed by atoms with Crippen molar-refractivity contribution in [2.24, 2.45) is 11.3 Å². The molecular weight excluding hydrogens is 242 g/mol. The molecule has 1 saturated carbocycles. The fourth-order valence-corrected chi connectivity index (χ4v) is 3.52. The Labute approximate surface area is 116 Å². The van der Waals surface area contributed by atoms with E-state index in [1.165, 1.54) is 18.4 Å². The Morgan fingerprint density at radius 3 is 2.39 bits per heavy atom. The Bertz CT molecular complexity index is 413. The van der Waals surface area contributed by atoms with Gasteiger partial charge >= 0.3 is 0 Å². The van der Waals surface area contributed by atoms with Crippen molar-refractivity contribution in [3.63, 3.8) is 0 Å². The Morgan fingerprint density at radius 1 is 1.28 bits per heavy atom. The second-order valence-electron chi connectivity index (χ2n) is 6.76. The number of benzene rings is 1. The predicted octanol–water partition coefficient (Wildman–Crippen LogP) is 4.25. The van der Waals surface area contributed by atoms with Gasteiger partial charge in [-0.3, -0.25) is 0 Å². The minimum absolute atomic E-state index is 0.241. The van der Waals surface area contributed by atoms with Crippen LogP contribution in [0.15, 0.2) is 24.3 Å². The molecule has 0 saturated heterocycles. The van der Waals surface area contributed by atoms with Gasteiger partial charge in [0.15, 0.2) is 0 Å². The number of nitrogens with one attached hydrogen (secondary N) is 1. The molecule has 1 aromatic rings. The molecule has 1 nitrogen and oxygen atoms in total. The molecule has 1 aliphatic carbocycles. The maximum Gasteiger partial charge on any atom is 0.0444 e. The maximum absolute atomic E-state index is 6.39. The Hall–Kier alpha value is -0.530. The Kier molecular flexibility index (Phi) is 3.75. The smallest absolute Gasteiger partial charge is 0.0444 e. The zero-order chi connectivity index (χ0) is 13.4. The lowest BCUT2D eigenvalue weighted by molar-refractivity contribution is 0.0461. The number of halogens is 1. The van der Waals surface area contributed by atoms with E-state index in [-0.39, 0.29) is 5.41 Å². The second kappa shape index (κ2) is 4.86. The van der Waals surface area contributed by atoms with Crippen molar-refractivity contribution in [2.75, 3.05) is 13.6 Å². The summed E-state index contributed by atoms with van der Waals surface area (Å²) in [6.45, 7) is 8.04. The van der Waals surface area contributed by atoms with Crippen LogP contribution in [0, 0.1) is 11.3 Å². The van der Waals surface area contributed by atoms with E-state index in [0.717, 1.165) is 17.5 Å². The fourth-order valence-electron chi connectivity index (χ4n) is 3.19. The molecule has 100 valence electrons. The molecule has 18 heavy (non-hydrogen) atoms. The third-order valence-electron chi connectivity index (χ3n) is 4.46. The van der Waals surface area contributed by atoms with E-state index in [1.54, 1.807) is 0 Å². The number of hydrogen-bond donors (Lipinski definition) is 1. The SMILES string of the molecule is CNCC1(c2ccccc2Cl)CC(C(C)(C)C)C1. The minimum Gasteiger partial charge on any atom is -0.319 e. The Morgan fingerprint density at radius 2 is 1.89 bits per heavy atom. The van der Waals surface area contributed by atoms with Crippen LogP contribution in [0.1, 0.15) is 39.2 Å². The zero-order valence-corrected chi connectivity index (χ0v) is 12.6. The van der Waals surface area contributed by atoms with E-state index in [0.29, 0.717) is 5.41 Å². The van der Waals surface area contributed by atoms with Gasteiger partial charge in [-0.15, -0.1) is 0 Å². The normalized spacial score (nSPS) is 27.9. The molecule has 1 fully saturated rings. The summed E-state index contributed by atoms with van der Waals surface area (Å²) < 4.78 is 0. The summed E-state index contributed by atoms with van der Waals surface area (Å²) in [4.78, 5) is 0. The zero-order valence-electron chi connectivity index (χ0n) is 11.9. The summed E-state index contributed by atoms with van der Waals surface area (Å²) in [6, 6.07) is 8.32. The van der Waals surface area contributed by atoms with Crippen molar-refractivity contribution in [2.45, 2.75) is 39.0 Å². The molecule has 0 radical (unpaired) electrons. The predicted molar refractivity (Wildman–Crippen MR) is 79.2 cm³/mol. The van der Waals surface area contributed by atoms with Gasteiger partial charge in [-0.25, -0.2) is 0 Å². The van der Waals surface area contributed by atoms with Crippen LogP contribution in [-0.4, -0.2) is 13.6 Å². The van der Waals surface area contributed by atoms with Crippen LogP contribution >= 0.6 is 11.6 Å². The fraction of sp³-hybridized carbons (Fsp3) is 0.625. The highest BCUT2D eigenvalue weighted by Gasteiger charge is 2.49. The van der Waals surface area contributed by atoms with E-state index in [9.17, 15) is 0 Å². The molecule has 1 aromatic carbocycles. The van der Waals surface area contributed by atoms with Crippen LogP contribution in [0.25, 0.3) is 0 Å². The van der Waals surface area contributed by atoms with Crippen molar-refractivity contribution in [1.29, 1.82) is 0 Å². The molecule has 0 atom stereocenters. The van der Waals surface area contributed by atoms with Crippen molar-refractivity contribution in [3.05, 3.63) is 34.9 Å². The number of hydrogen-bond acceptors (Lipinski definition) is 1. The van der Waals surface area contributed by atoms with Gasteiger partial charge in [0, 0.05) is 17.0 Å².